The number of aromatic amines is 1. The summed E-state index contributed by atoms with van der Waals surface area (Å²) < 4.78 is 0. The molecule has 1 N–H and O–H groups in total. The van der Waals surface area contributed by atoms with Gasteiger partial charge in [-0.25, -0.2) is 0 Å². The highest BCUT2D eigenvalue weighted by Crippen LogP contribution is 1.94. The van der Waals surface area contributed by atoms with E-state index in [4.69, 9.17) is 5.53 Å². The van der Waals surface area contributed by atoms with Crippen molar-refractivity contribution in [3.63, 3.8) is 0 Å². The Kier molecular flexibility index (Phi) is 2.40. The second kappa shape index (κ2) is 3.58. The quantitative estimate of drug-likeness (QED) is 0.374. The van der Waals surface area contributed by atoms with Gasteiger partial charge in [0.25, 0.3) is 0 Å². The maximum atomic E-state index is 7.94. The Hall–Kier alpha value is -1.41. The molecular weight excluding hydrogens is 128 g/mol. The minimum atomic E-state index is 0.525. The van der Waals surface area contributed by atoms with E-state index < -0.39 is 0 Å². The predicted molar refractivity (Wildman–Crippen MR) is 38.5 cm³/mol. The van der Waals surface area contributed by atoms with Gasteiger partial charge in [-0.05, 0) is 24.1 Å². The molecule has 0 bridgehead atoms. The van der Waals surface area contributed by atoms with Crippen LogP contribution in [0.5, 0.6) is 0 Å². The minimum absolute atomic E-state index is 0.525. The Morgan fingerprint density at radius 3 is 3.20 bits per heavy atom. The fraction of sp³-hybridized carbons (Fsp3) is 0.333. The van der Waals surface area contributed by atoms with Crippen molar-refractivity contribution < 1.29 is 0 Å². The lowest BCUT2D eigenvalue weighted by Crippen LogP contribution is -1.86. The monoisotopic (exact) mass is 136 g/mol. The van der Waals surface area contributed by atoms with Crippen LogP contribution < -0.4 is 0 Å². The van der Waals surface area contributed by atoms with Gasteiger partial charge in [0.2, 0.25) is 0 Å². The van der Waals surface area contributed by atoms with Crippen LogP contribution in [0, 0.1) is 0 Å². The first-order valence-electron chi connectivity index (χ1n) is 3.06. The van der Waals surface area contributed by atoms with Gasteiger partial charge in [0, 0.05) is 23.3 Å². The smallest absolute Gasteiger partial charge is 0.0312 e. The van der Waals surface area contributed by atoms with E-state index in [0.29, 0.717) is 6.54 Å². The Bertz CT molecular complexity index is 220. The van der Waals surface area contributed by atoms with E-state index >= 15 is 0 Å². The number of aromatic nitrogens is 1. The van der Waals surface area contributed by atoms with Gasteiger partial charge in [0.05, 0.1) is 0 Å². The topological polar surface area (TPSA) is 64.6 Å². The van der Waals surface area contributed by atoms with Gasteiger partial charge in [-0.15, -0.1) is 0 Å². The molecule has 1 heterocycles. The first kappa shape index (κ1) is 6.71. The molecule has 0 fully saturated rings. The zero-order valence-corrected chi connectivity index (χ0v) is 5.49. The summed E-state index contributed by atoms with van der Waals surface area (Å²) in [7, 11) is 0. The second-order valence-electron chi connectivity index (χ2n) is 1.90. The number of nitrogens with one attached hydrogen (secondary N) is 1. The highest BCUT2D eigenvalue weighted by atomic mass is 15.1. The van der Waals surface area contributed by atoms with Crippen molar-refractivity contribution in [2.75, 3.05) is 6.54 Å². The third kappa shape index (κ3) is 1.84. The molecular formula is C6H8N4. The molecule has 0 aliphatic heterocycles. The van der Waals surface area contributed by atoms with Crippen LogP contribution in [0.4, 0.5) is 0 Å². The lowest BCUT2D eigenvalue weighted by molar-refractivity contribution is 0.925. The molecule has 0 aliphatic carbocycles. The predicted octanol–water partition coefficient (Wildman–Crippen LogP) is 1.87. The van der Waals surface area contributed by atoms with Crippen molar-refractivity contribution in [1.82, 2.24) is 4.98 Å². The standard InChI is InChI=1S/C6H8N4/c7-10-9-5-3-6-2-1-4-8-6/h1-2,4,8H,3,5H2. The fourth-order valence-corrected chi connectivity index (χ4v) is 0.738. The van der Waals surface area contributed by atoms with Crippen molar-refractivity contribution in [1.29, 1.82) is 0 Å². The largest absolute Gasteiger partial charge is 0.365 e. The molecule has 52 valence electrons. The molecule has 0 unspecified atom stereocenters. The van der Waals surface area contributed by atoms with Gasteiger partial charge in [-0.1, -0.05) is 5.11 Å². The molecule has 0 radical (unpaired) electrons. The Balaban J connectivity index is 2.34. The molecule has 1 rings (SSSR count). The summed E-state index contributed by atoms with van der Waals surface area (Å²) in [5.41, 5.74) is 9.05. The molecule has 4 heteroatoms. The molecule has 0 saturated carbocycles. The van der Waals surface area contributed by atoms with Gasteiger partial charge < -0.3 is 4.98 Å². The number of hydrogen-bond acceptors (Lipinski definition) is 1. The number of azide groups is 1. The lowest BCUT2D eigenvalue weighted by Gasteiger charge is -1.88. The van der Waals surface area contributed by atoms with Crippen LogP contribution in [-0.4, -0.2) is 11.5 Å². The summed E-state index contributed by atoms with van der Waals surface area (Å²) >= 11 is 0. The van der Waals surface area contributed by atoms with Crippen molar-refractivity contribution in [3.05, 3.63) is 34.5 Å². The first-order valence-corrected chi connectivity index (χ1v) is 3.06. The molecule has 0 aliphatic rings. The van der Waals surface area contributed by atoms with Crippen molar-refractivity contribution in [2.24, 2.45) is 5.11 Å². The molecule has 0 atom stereocenters. The number of rotatable bonds is 3. The van der Waals surface area contributed by atoms with Crippen LogP contribution in [-0.2, 0) is 6.42 Å². The van der Waals surface area contributed by atoms with E-state index in [1.165, 1.54) is 0 Å². The van der Waals surface area contributed by atoms with Crippen LogP contribution >= 0.6 is 0 Å². The SMILES string of the molecule is [N-]=[N+]=NCCc1ccc[nH]1. The Labute approximate surface area is 58.5 Å². The molecule has 1 aromatic rings. The van der Waals surface area contributed by atoms with E-state index in [2.05, 4.69) is 15.0 Å². The molecule has 0 aromatic carbocycles. The Morgan fingerprint density at radius 1 is 1.70 bits per heavy atom. The number of hydrogen-bond donors (Lipinski definition) is 1. The van der Waals surface area contributed by atoms with E-state index in [1.807, 2.05) is 18.3 Å². The van der Waals surface area contributed by atoms with Gasteiger partial charge >= 0.3 is 0 Å². The minimum Gasteiger partial charge on any atom is -0.365 e. The van der Waals surface area contributed by atoms with Gasteiger partial charge in [0.15, 0.2) is 0 Å². The van der Waals surface area contributed by atoms with E-state index in [1.54, 1.807) is 0 Å². The molecule has 4 nitrogen and oxygen atoms in total. The Morgan fingerprint density at radius 2 is 2.60 bits per heavy atom. The van der Waals surface area contributed by atoms with Gasteiger partial charge in [-0.2, -0.15) is 0 Å². The third-order valence-corrected chi connectivity index (χ3v) is 1.21. The summed E-state index contributed by atoms with van der Waals surface area (Å²) in [4.78, 5) is 5.66. The average molecular weight is 136 g/mol. The van der Waals surface area contributed by atoms with E-state index in [-0.39, 0.29) is 0 Å². The normalized spacial score (nSPS) is 8.80. The number of nitrogens with zero attached hydrogens (tertiary/aromatic N) is 3. The highest BCUT2D eigenvalue weighted by molar-refractivity contribution is 5.03. The molecule has 1 aromatic heterocycles. The second-order valence-corrected chi connectivity index (χ2v) is 1.90. The summed E-state index contributed by atoms with van der Waals surface area (Å²) in [5.74, 6) is 0. The van der Waals surface area contributed by atoms with Crippen molar-refractivity contribution in [2.45, 2.75) is 6.42 Å². The summed E-state index contributed by atoms with van der Waals surface area (Å²) in [6.07, 6.45) is 2.64. The third-order valence-electron chi connectivity index (χ3n) is 1.21. The summed E-state index contributed by atoms with van der Waals surface area (Å²) in [6.45, 7) is 0.525. The first-order chi connectivity index (χ1) is 4.93. The van der Waals surface area contributed by atoms with E-state index in [9.17, 15) is 0 Å². The van der Waals surface area contributed by atoms with Crippen LogP contribution in [0.15, 0.2) is 23.4 Å². The zero-order valence-electron chi connectivity index (χ0n) is 5.49. The van der Waals surface area contributed by atoms with Gasteiger partial charge in [-0.3, -0.25) is 0 Å². The zero-order chi connectivity index (χ0) is 7.23. The highest BCUT2D eigenvalue weighted by Gasteiger charge is 1.88. The van der Waals surface area contributed by atoms with Crippen LogP contribution in [0.2, 0.25) is 0 Å². The molecule has 0 saturated heterocycles. The van der Waals surface area contributed by atoms with E-state index in [0.717, 1.165) is 12.1 Å². The molecule has 0 amide bonds. The number of H-pyrrole nitrogens is 1. The van der Waals surface area contributed by atoms with Crippen LogP contribution in [0.1, 0.15) is 5.69 Å². The fourth-order valence-electron chi connectivity index (χ4n) is 0.738. The lowest BCUT2D eigenvalue weighted by atomic mass is 10.3. The van der Waals surface area contributed by atoms with Crippen LogP contribution in [0.25, 0.3) is 10.4 Å². The van der Waals surface area contributed by atoms with Crippen molar-refractivity contribution in [3.8, 4) is 0 Å². The maximum absolute atomic E-state index is 7.94. The molecule has 10 heavy (non-hydrogen) atoms. The maximum Gasteiger partial charge on any atom is 0.0312 e. The summed E-state index contributed by atoms with van der Waals surface area (Å²) in [5, 5.41) is 3.41. The van der Waals surface area contributed by atoms with Crippen molar-refractivity contribution >= 4 is 0 Å². The summed E-state index contributed by atoms with van der Waals surface area (Å²) in [6, 6.07) is 3.89. The van der Waals surface area contributed by atoms with Crippen LogP contribution in [0.3, 0.4) is 0 Å². The average Bonchev–Trinajstić information content (AvgIpc) is 2.41. The molecule has 0 spiro atoms. The van der Waals surface area contributed by atoms with Gasteiger partial charge in [0.1, 0.15) is 0 Å².